The number of aliphatic hydroxyl groups excluding tert-OH is 1. The van der Waals surface area contributed by atoms with Crippen LogP contribution in [0.15, 0.2) is 23.2 Å². The van der Waals surface area contributed by atoms with E-state index in [1.807, 2.05) is 6.92 Å². The van der Waals surface area contributed by atoms with Crippen LogP contribution in [0.2, 0.25) is 0 Å². The molecular formula is C11H19N3O3S. The third-order valence-corrected chi connectivity index (χ3v) is 4.04. The predicted molar refractivity (Wildman–Crippen MR) is 69.9 cm³/mol. The van der Waals surface area contributed by atoms with Crippen molar-refractivity contribution >= 4 is 15.8 Å². The lowest BCUT2D eigenvalue weighted by atomic mass is 10.1. The zero-order chi connectivity index (χ0) is 13.6. The summed E-state index contributed by atoms with van der Waals surface area (Å²) < 4.78 is 25.2. The van der Waals surface area contributed by atoms with Crippen LogP contribution < -0.4 is 10.0 Å². The maximum atomic E-state index is 11.5. The van der Waals surface area contributed by atoms with Gasteiger partial charge in [-0.05, 0) is 32.0 Å². The van der Waals surface area contributed by atoms with Crippen molar-refractivity contribution in [3.05, 3.63) is 18.3 Å². The van der Waals surface area contributed by atoms with Crippen LogP contribution >= 0.6 is 0 Å². The van der Waals surface area contributed by atoms with Crippen LogP contribution in [0, 0.1) is 0 Å². The van der Waals surface area contributed by atoms with Crippen molar-refractivity contribution in [2.75, 3.05) is 19.0 Å². The third kappa shape index (κ3) is 3.94. The first-order chi connectivity index (χ1) is 8.53. The summed E-state index contributed by atoms with van der Waals surface area (Å²) in [6, 6.07) is 3.24. The van der Waals surface area contributed by atoms with E-state index in [4.69, 9.17) is 5.11 Å². The van der Waals surface area contributed by atoms with Crippen molar-refractivity contribution in [1.82, 2.24) is 9.71 Å². The fourth-order valence-electron chi connectivity index (χ4n) is 1.49. The molecule has 0 bridgehead atoms. The summed E-state index contributed by atoms with van der Waals surface area (Å²) in [4.78, 5) is 4.18. The smallest absolute Gasteiger partial charge is 0.241 e. The summed E-state index contributed by atoms with van der Waals surface area (Å²) in [6.07, 6.45) is 2.80. The SMILES string of the molecule is CCC(CCO)Nc1ccc(S(=O)(=O)NC)cn1. The van der Waals surface area contributed by atoms with Gasteiger partial charge in [-0.1, -0.05) is 6.92 Å². The van der Waals surface area contributed by atoms with Gasteiger partial charge in [-0.15, -0.1) is 0 Å². The van der Waals surface area contributed by atoms with Gasteiger partial charge in [-0.25, -0.2) is 18.1 Å². The number of nitrogens with zero attached hydrogens (tertiary/aromatic N) is 1. The summed E-state index contributed by atoms with van der Waals surface area (Å²) >= 11 is 0. The van der Waals surface area contributed by atoms with E-state index in [1.54, 1.807) is 6.07 Å². The molecule has 1 unspecified atom stereocenters. The Bertz CT molecular complexity index is 459. The normalized spacial score (nSPS) is 13.3. The molecule has 7 heteroatoms. The quantitative estimate of drug-likeness (QED) is 0.675. The number of aromatic nitrogens is 1. The lowest BCUT2D eigenvalue weighted by molar-refractivity contribution is 0.278. The molecule has 1 atom stereocenters. The summed E-state index contributed by atoms with van der Waals surface area (Å²) in [7, 11) is -2.08. The van der Waals surface area contributed by atoms with Crippen LogP contribution in [-0.4, -0.2) is 38.2 Å². The second-order valence-corrected chi connectivity index (χ2v) is 5.74. The summed E-state index contributed by atoms with van der Waals surface area (Å²) in [5.41, 5.74) is 0. The molecule has 0 aromatic carbocycles. The molecule has 0 fully saturated rings. The fraction of sp³-hybridized carbons (Fsp3) is 0.545. The number of hydrogen-bond donors (Lipinski definition) is 3. The average molecular weight is 273 g/mol. The van der Waals surface area contributed by atoms with Crippen molar-refractivity contribution < 1.29 is 13.5 Å². The van der Waals surface area contributed by atoms with Crippen molar-refractivity contribution in [2.24, 2.45) is 0 Å². The van der Waals surface area contributed by atoms with Crippen LogP contribution in [0.25, 0.3) is 0 Å². The van der Waals surface area contributed by atoms with Crippen LogP contribution in [-0.2, 0) is 10.0 Å². The van der Waals surface area contributed by atoms with Crippen LogP contribution in [0.3, 0.4) is 0 Å². The van der Waals surface area contributed by atoms with Gasteiger partial charge in [0.15, 0.2) is 0 Å². The van der Waals surface area contributed by atoms with Gasteiger partial charge >= 0.3 is 0 Å². The second-order valence-electron chi connectivity index (χ2n) is 3.85. The van der Waals surface area contributed by atoms with E-state index in [2.05, 4.69) is 15.0 Å². The van der Waals surface area contributed by atoms with Crippen molar-refractivity contribution in [2.45, 2.75) is 30.7 Å². The minimum Gasteiger partial charge on any atom is -0.396 e. The van der Waals surface area contributed by atoms with Gasteiger partial charge in [0.05, 0.1) is 0 Å². The Morgan fingerprint density at radius 3 is 2.61 bits per heavy atom. The Hall–Kier alpha value is -1.18. The van der Waals surface area contributed by atoms with E-state index >= 15 is 0 Å². The number of anilines is 1. The first-order valence-corrected chi connectivity index (χ1v) is 7.28. The molecule has 0 aliphatic heterocycles. The van der Waals surface area contributed by atoms with Gasteiger partial charge in [0.1, 0.15) is 10.7 Å². The number of hydrogen-bond acceptors (Lipinski definition) is 5. The van der Waals surface area contributed by atoms with Crippen molar-refractivity contribution in [3.63, 3.8) is 0 Å². The highest BCUT2D eigenvalue weighted by Crippen LogP contribution is 2.12. The highest BCUT2D eigenvalue weighted by molar-refractivity contribution is 7.89. The Morgan fingerprint density at radius 2 is 2.17 bits per heavy atom. The first kappa shape index (κ1) is 14.9. The largest absolute Gasteiger partial charge is 0.396 e. The zero-order valence-corrected chi connectivity index (χ0v) is 11.4. The van der Waals surface area contributed by atoms with Crippen LogP contribution in [0.1, 0.15) is 19.8 Å². The minimum atomic E-state index is -3.44. The second kappa shape index (κ2) is 6.67. The maximum Gasteiger partial charge on any atom is 0.241 e. The molecular weight excluding hydrogens is 254 g/mol. The number of nitrogens with one attached hydrogen (secondary N) is 2. The Labute approximate surface area is 107 Å². The van der Waals surface area contributed by atoms with E-state index in [1.165, 1.54) is 19.3 Å². The van der Waals surface area contributed by atoms with Gasteiger partial charge in [-0.2, -0.15) is 0 Å². The Balaban J connectivity index is 2.77. The standard InChI is InChI=1S/C11H19N3O3S/c1-3-9(6-7-15)14-11-5-4-10(8-13-11)18(16,17)12-2/h4-5,8-9,12,15H,3,6-7H2,1-2H3,(H,13,14). The number of aliphatic hydroxyl groups is 1. The van der Waals surface area contributed by atoms with Gasteiger partial charge in [0.2, 0.25) is 10.0 Å². The number of sulfonamides is 1. The van der Waals surface area contributed by atoms with Crippen LogP contribution in [0.5, 0.6) is 0 Å². The molecule has 1 aromatic rings. The molecule has 6 nitrogen and oxygen atoms in total. The molecule has 1 aromatic heterocycles. The molecule has 0 saturated carbocycles. The molecule has 0 amide bonds. The Kier molecular flexibility index (Phi) is 5.52. The lowest BCUT2D eigenvalue weighted by Gasteiger charge is -2.16. The highest BCUT2D eigenvalue weighted by atomic mass is 32.2. The molecule has 1 rings (SSSR count). The van der Waals surface area contributed by atoms with E-state index in [0.29, 0.717) is 12.2 Å². The van der Waals surface area contributed by atoms with Gasteiger partial charge < -0.3 is 10.4 Å². The molecule has 18 heavy (non-hydrogen) atoms. The maximum absolute atomic E-state index is 11.5. The number of rotatable bonds is 7. The zero-order valence-electron chi connectivity index (χ0n) is 10.5. The number of pyridine rings is 1. The minimum absolute atomic E-state index is 0.109. The molecule has 0 spiro atoms. The fourth-order valence-corrected chi connectivity index (χ4v) is 2.16. The van der Waals surface area contributed by atoms with Gasteiger partial charge in [0.25, 0.3) is 0 Å². The van der Waals surface area contributed by atoms with Gasteiger partial charge in [-0.3, -0.25) is 0 Å². The molecule has 0 saturated heterocycles. The molecule has 0 aliphatic carbocycles. The first-order valence-electron chi connectivity index (χ1n) is 5.80. The van der Waals surface area contributed by atoms with Crippen molar-refractivity contribution in [3.8, 4) is 0 Å². The average Bonchev–Trinajstić information content (AvgIpc) is 2.39. The summed E-state index contributed by atoms with van der Waals surface area (Å²) in [6.45, 7) is 2.12. The molecule has 3 N–H and O–H groups in total. The van der Waals surface area contributed by atoms with E-state index < -0.39 is 10.0 Å². The lowest BCUT2D eigenvalue weighted by Crippen LogP contribution is -2.21. The van der Waals surface area contributed by atoms with Crippen molar-refractivity contribution in [1.29, 1.82) is 0 Å². The third-order valence-electron chi connectivity index (χ3n) is 2.64. The summed E-state index contributed by atoms with van der Waals surface area (Å²) in [5.74, 6) is 0.602. The Morgan fingerprint density at radius 1 is 1.44 bits per heavy atom. The van der Waals surface area contributed by atoms with Crippen LogP contribution in [0.4, 0.5) is 5.82 Å². The molecule has 0 radical (unpaired) electrons. The topological polar surface area (TPSA) is 91.3 Å². The summed E-state index contributed by atoms with van der Waals surface area (Å²) in [5, 5.41) is 12.0. The molecule has 1 heterocycles. The molecule has 0 aliphatic rings. The van der Waals surface area contributed by atoms with E-state index in [9.17, 15) is 8.42 Å². The van der Waals surface area contributed by atoms with E-state index in [0.717, 1.165) is 6.42 Å². The highest BCUT2D eigenvalue weighted by Gasteiger charge is 2.12. The predicted octanol–water partition coefficient (Wildman–Crippen LogP) is 0.563. The van der Waals surface area contributed by atoms with Gasteiger partial charge in [0, 0.05) is 18.8 Å². The van der Waals surface area contributed by atoms with E-state index in [-0.39, 0.29) is 17.5 Å². The molecule has 102 valence electrons. The monoisotopic (exact) mass is 273 g/mol.